The first-order valence-corrected chi connectivity index (χ1v) is 8.72. The summed E-state index contributed by atoms with van der Waals surface area (Å²) >= 11 is 0. The van der Waals surface area contributed by atoms with E-state index in [1.807, 2.05) is 0 Å². The van der Waals surface area contributed by atoms with E-state index in [0.717, 1.165) is 25.7 Å². The van der Waals surface area contributed by atoms with E-state index in [9.17, 15) is 20.1 Å². The predicted octanol–water partition coefficient (Wildman–Crippen LogP) is 1.95. The summed E-state index contributed by atoms with van der Waals surface area (Å²) in [5.74, 6) is 0. The van der Waals surface area contributed by atoms with Crippen LogP contribution in [0.3, 0.4) is 0 Å². The minimum absolute atomic E-state index is 0.0747. The lowest BCUT2D eigenvalue weighted by Gasteiger charge is -2.44. The number of aliphatic hydroxyl groups is 3. The van der Waals surface area contributed by atoms with E-state index in [1.54, 1.807) is 20.8 Å². The fraction of sp³-hybridized carbons (Fsp3) is 0.938. The van der Waals surface area contributed by atoms with E-state index in [0.29, 0.717) is 13.0 Å². The minimum Gasteiger partial charge on any atom is -0.444 e. The van der Waals surface area contributed by atoms with Crippen LogP contribution in [-0.2, 0) is 4.74 Å². The molecule has 0 aliphatic carbocycles. The maximum absolute atomic E-state index is 12.4. The van der Waals surface area contributed by atoms with Crippen LogP contribution in [0.5, 0.6) is 0 Å². The number of hydrogen-bond acceptors (Lipinski definition) is 6. The van der Waals surface area contributed by atoms with Gasteiger partial charge in [-0.1, -0.05) is 24.4 Å². The molecule has 9 heteroatoms. The molecule has 0 saturated carbocycles. The summed E-state index contributed by atoms with van der Waals surface area (Å²) in [6.07, 6.45) is -0.577. The molecule has 1 fully saturated rings. The molecule has 3 N–H and O–H groups in total. The third-order valence-electron chi connectivity index (χ3n) is 4.12. The molecule has 0 aromatic rings. The molecule has 4 atom stereocenters. The van der Waals surface area contributed by atoms with Crippen molar-refractivity contribution in [2.75, 3.05) is 13.1 Å². The number of hydrogen-bond donors (Lipinski definition) is 3. The zero-order chi connectivity index (χ0) is 19.0. The number of nitrogens with zero attached hydrogens (tertiary/aromatic N) is 4. The Morgan fingerprint density at radius 3 is 2.44 bits per heavy atom. The van der Waals surface area contributed by atoms with E-state index in [4.69, 9.17) is 10.3 Å². The molecule has 25 heavy (non-hydrogen) atoms. The van der Waals surface area contributed by atoms with Gasteiger partial charge in [-0.3, -0.25) is 4.90 Å². The van der Waals surface area contributed by atoms with Crippen molar-refractivity contribution in [1.82, 2.24) is 4.90 Å². The zero-order valence-electron chi connectivity index (χ0n) is 15.2. The van der Waals surface area contributed by atoms with Crippen LogP contribution in [0.2, 0.25) is 0 Å². The zero-order valence-corrected chi connectivity index (χ0v) is 15.2. The van der Waals surface area contributed by atoms with E-state index in [-0.39, 0.29) is 6.54 Å². The fourth-order valence-corrected chi connectivity index (χ4v) is 2.88. The Hall–Kier alpha value is -1.54. The monoisotopic (exact) mass is 358 g/mol. The molecule has 144 valence electrons. The van der Waals surface area contributed by atoms with Crippen LogP contribution >= 0.6 is 0 Å². The number of unbranched alkanes of at least 4 members (excludes halogenated alkanes) is 3. The van der Waals surface area contributed by atoms with Gasteiger partial charge in [-0.05, 0) is 39.1 Å². The first-order chi connectivity index (χ1) is 11.7. The maximum Gasteiger partial charge on any atom is 0.410 e. The average molecular weight is 358 g/mol. The van der Waals surface area contributed by atoms with Gasteiger partial charge in [-0.15, -0.1) is 0 Å². The van der Waals surface area contributed by atoms with Crippen LogP contribution in [0.15, 0.2) is 5.11 Å². The molecule has 1 rings (SSSR count). The number of rotatable bonds is 7. The van der Waals surface area contributed by atoms with E-state index >= 15 is 0 Å². The molecule has 1 amide bonds. The molecule has 0 unspecified atom stereocenters. The van der Waals surface area contributed by atoms with Crippen molar-refractivity contribution in [2.24, 2.45) is 5.11 Å². The molecule has 0 spiro atoms. The molecule has 0 radical (unpaired) electrons. The van der Waals surface area contributed by atoms with Gasteiger partial charge in [0.2, 0.25) is 0 Å². The third kappa shape index (κ3) is 7.07. The molecule has 1 aliphatic rings. The lowest BCUT2D eigenvalue weighted by Crippen LogP contribution is -2.63. The van der Waals surface area contributed by atoms with Crippen molar-refractivity contribution in [3.8, 4) is 0 Å². The summed E-state index contributed by atoms with van der Waals surface area (Å²) in [6, 6.07) is -0.606. The fourth-order valence-electron chi connectivity index (χ4n) is 2.88. The average Bonchev–Trinajstić information content (AvgIpc) is 2.51. The lowest BCUT2D eigenvalue weighted by atomic mass is 9.90. The quantitative estimate of drug-likeness (QED) is 0.276. The Morgan fingerprint density at radius 2 is 1.84 bits per heavy atom. The first kappa shape index (κ1) is 21.5. The minimum atomic E-state index is -1.28. The highest BCUT2D eigenvalue weighted by atomic mass is 16.6. The van der Waals surface area contributed by atoms with Gasteiger partial charge < -0.3 is 20.1 Å². The largest absolute Gasteiger partial charge is 0.444 e. The van der Waals surface area contributed by atoms with Gasteiger partial charge >= 0.3 is 6.09 Å². The molecule has 0 bridgehead atoms. The van der Waals surface area contributed by atoms with E-state index in [2.05, 4.69) is 10.0 Å². The van der Waals surface area contributed by atoms with Gasteiger partial charge in [0.25, 0.3) is 0 Å². The normalized spacial score (nSPS) is 26.9. The second-order valence-corrected chi connectivity index (χ2v) is 7.41. The van der Waals surface area contributed by atoms with Gasteiger partial charge in [0, 0.05) is 11.5 Å². The molecular weight excluding hydrogens is 328 g/mol. The van der Waals surface area contributed by atoms with Crippen LogP contribution in [0.1, 0.15) is 52.9 Å². The number of β-amino-alcohol motifs (C(OH)–C–C–N with tert-alkyl or cyclic N) is 1. The standard InChI is InChI=1S/C16H30N4O5/c1-16(2,3)25-15(24)20-10-12(21)14(23)13(22)11(20)8-6-4-5-7-9-18-19-17/h11-14,21-23H,4-10H2,1-3H3/t11-,12-,13+,14+/m1/s1. The molecule has 1 heterocycles. The summed E-state index contributed by atoms with van der Waals surface area (Å²) in [4.78, 5) is 16.4. The number of piperidine rings is 1. The van der Waals surface area contributed by atoms with Crippen molar-refractivity contribution in [3.63, 3.8) is 0 Å². The second-order valence-electron chi connectivity index (χ2n) is 7.41. The number of amides is 1. The van der Waals surface area contributed by atoms with Gasteiger partial charge in [-0.25, -0.2) is 4.79 Å². The number of ether oxygens (including phenoxy) is 1. The second kappa shape index (κ2) is 9.82. The third-order valence-corrected chi connectivity index (χ3v) is 4.12. The Bertz CT molecular complexity index is 476. The highest BCUT2D eigenvalue weighted by Gasteiger charge is 2.44. The van der Waals surface area contributed by atoms with Crippen LogP contribution in [0.4, 0.5) is 4.79 Å². The molecule has 0 aromatic carbocycles. The predicted molar refractivity (Wildman–Crippen MR) is 91.8 cm³/mol. The van der Waals surface area contributed by atoms with Gasteiger partial charge in [0.1, 0.15) is 23.9 Å². The SMILES string of the molecule is CC(C)(C)OC(=O)N1C[C@@H](O)[C@H](O)[C@@H](O)[C@H]1CCCCCCN=[N+]=[N-]. The van der Waals surface area contributed by atoms with Crippen LogP contribution in [0, 0.1) is 0 Å². The van der Waals surface area contributed by atoms with Crippen LogP contribution < -0.4 is 0 Å². The number of azide groups is 1. The van der Waals surface area contributed by atoms with E-state index < -0.39 is 36.0 Å². The smallest absolute Gasteiger partial charge is 0.410 e. The highest BCUT2D eigenvalue weighted by Crippen LogP contribution is 2.25. The van der Waals surface area contributed by atoms with Crippen LogP contribution in [-0.4, -0.2) is 69.4 Å². The Morgan fingerprint density at radius 1 is 1.20 bits per heavy atom. The van der Waals surface area contributed by atoms with Crippen molar-refractivity contribution >= 4 is 6.09 Å². The van der Waals surface area contributed by atoms with Gasteiger partial charge in [0.15, 0.2) is 0 Å². The number of carbonyl (C=O) groups is 1. The highest BCUT2D eigenvalue weighted by molar-refractivity contribution is 5.69. The Kier molecular flexibility index (Phi) is 8.44. The van der Waals surface area contributed by atoms with Crippen molar-refractivity contribution in [2.45, 2.75) is 82.8 Å². The summed E-state index contributed by atoms with van der Waals surface area (Å²) in [5, 5.41) is 33.6. The summed E-state index contributed by atoms with van der Waals surface area (Å²) in [7, 11) is 0. The Labute approximate surface area is 148 Å². The summed E-state index contributed by atoms with van der Waals surface area (Å²) in [5.41, 5.74) is 7.53. The first-order valence-electron chi connectivity index (χ1n) is 8.72. The molecule has 1 saturated heterocycles. The number of aliphatic hydroxyl groups excluding tert-OH is 3. The van der Waals surface area contributed by atoms with Crippen molar-refractivity contribution in [3.05, 3.63) is 10.4 Å². The van der Waals surface area contributed by atoms with E-state index in [1.165, 1.54) is 4.90 Å². The number of carbonyl (C=O) groups excluding carboxylic acids is 1. The molecule has 9 nitrogen and oxygen atoms in total. The summed E-state index contributed by atoms with van der Waals surface area (Å²) in [6.45, 7) is 5.62. The Balaban J connectivity index is 2.62. The van der Waals surface area contributed by atoms with Crippen molar-refractivity contribution < 1.29 is 24.9 Å². The molecule has 1 aliphatic heterocycles. The lowest BCUT2D eigenvalue weighted by molar-refractivity contribution is -0.135. The molecule has 0 aromatic heterocycles. The number of likely N-dealkylation sites (tertiary alicyclic amines) is 1. The maximum atomic E-state index is 12.4. The topological polar surface area (TPSA) is 139 Å². The summed E-state index contributed by atoms with van der Waals surface area (Å²) < 4.78 is 5.35. The van der Waals surface area contributed by atoms with Gasteiger partial charge in [-0.2, -0.15) is 0 Å². The van der Waals surface area contributed by atoms with Crippen molar-refractivity contribution in [1.29, 1.82) is 0 Å². The molecular formula is C16H30N4O5. The van der Waals surface area contributed by atoms with Gasteiger partial charge in [0.05, 0.1) is 12.6 Å². The van der Waals surface area contributed by atoms with Crippen LogP contribution in [0.25, 0.3) is 10.4 Å².